The van der Waals surface area contributed by atoms with Crippen molar-refractivity contribution < 1.29 is 4.79 Å². The number of aromatic nitrogens is 1. The first-order valence-corrected chi connectivity index (χ1v) is 8.14. The minimum Gasteiger partial charge on any atom is -0.336 e. The van der Waals surface area contributed by atoms with Gasteiger partial charge in [-0.25, -0.2) is 0 Å². The van der Waals surface area contributed by atoms with E-state index >= 15 is 0 Å². The molecule has 0 radical (unpaired) electrons. The number of pyridine rings is 1. The summed E-state index contributed by atoms with van der Waals surface area (Å²) in [7, 11) is 0. The van der Waals surface area contributed by atoms with Gasteiger partial charge in [-0.1, -0.05) is 42.5 Å². The van der Waals surface area contributed by atoms with Crippen LogP contribution in [0.25, 0.3) is 10.8 Å². The van der Waals surface area contributed by atoms with Crippen LogP contribution in [0.5, 0.6) is 0 Å². The Morgan fingerprint density at radius 2 is 2.04 bits per heavy atom. The summed E-state index contributed by atoms with van der Waals surface area (Å²) in [6.45, 7) is 1.22. The van der Waals surface area contributed by atoms with Gasteiger partial charge in [0.05, 0.1) is 6.42 Å². The van der Waals surface area contributed by atoms with Crippen molar-refractivity contribution in [3.05, 3.63) is 77.6 Å². The third-order valence-electron chi connectivity index (χ3n) is 4.65. The van der Waals surface area contributed by atoms with Gasteiger partial charge in [0.2, 0.25) is 5.91 Å². The van der Waals surface area contributed by atoms with E-state index in [0.29, 0.717) is 19.5 Å². The molecule has 2 N–H and O–H groups in total. The Labute approximate surface area is 140 Å². The first-order valence-electron chi connectivity index (χ1n) is 8.14. The molecule has 1 aliphatic rings. The van der Waals surface area contributed by atoms with Crippen molar-refractivity contribution in [1.82, 2.24) is 9.88 Å². The Kier molecular flexibility index (Phi) is 3.75. The highest BCUT2D eigenvalue weighted by Crippen LogP contribution is 2.25. The molecule has 1 aliphatic heterocycles. The number of rotatable bonds is 2. The lowest BCUT2D eigenvalue weighted by atomic mass is 9.95. The van der Waals surface area contributed by atoms with Crippen LogP contribution in [0.3, 0.4) is 0 Å². The number of hydrogen-bond acceptors (Lipinski definition) is 3. The van der Waals surface area contributed by atoms with E-state index in [1.807, 2.05) is 41.4 Å². The minimum atomic E-state index is -0.110. The lowest BCUT2D eigenvalue weighted by Crippen LogP contribution is -2.41. The fraction of sp³-hybridized carbons (Fsp3) is 0.200. The van der Waals surface area contributed by atoms with E-state index in [1.165, 1.54) is 0 Å². The number of nitrogens with zero attached hydrogens (tertiary/aromatic N) is 2. The molecule has 0 saturated heterocycles. The van der Waals surface area contributed by atoms with Gasteiger partial charge in [-0.3, -0.25) is 9.78 Å². The van der Waals surface area contributed by atoms with Gasteiger partial charge < -0.3 is 10.6 Å². The van der Waals surface area contributed by atoms with Crippen LogP contribution in [0.2, 0.25) is 0 Å². The second-order valence-corrected chi connectivity index (χ2v) is 6.31. The SMILES string of the molecule is NC1CN(C(=O)Cc2ccc3cnccc3c2)Cc2ccccc21. The highest BCUT2D eigenvalue weighted by molar-refractivity contribution is 5.85. The van der Waals surface area contributed by atoms with Crippen molar-refractivity contribution in [2.24, 2.45) is 5.73 Å². The van der Waals surface area contributed by atoms with Gasteiger partial charge in [0, 0.05) is 36.9 Å². The predicted octanol–water partition coefficient (Wildman–Crippen LogP) is 2.82. The molecule has 0 bridgehead atoms. The van der Waals surface area contributed by atoms with E-state index in [2.05, 4.69) is 23.2 Å². The molecule has 1 unspecified atom stereocenters. The van der Waals surface area contributed by atoms with Crippen molar-refractivity contribution in [1.29, 1.82) is 0 Å². The fourth-order valence-corrected chi connectivity index (χ4v) is 3.37. The summed E-state index contributed by atoms with van der Waals surface area (Å²) >= 11 is 0. The van der Waals surface area contributed by atoms with Gasteiger partial charge in [0.25, 0.3) is 0 Å². The minimum absolute atomic E-state index is 0.110. The van der Waals surface area contributed by atoms with Crippen LogP contribution in [0.4, 0.5) is 0 Å². The molecular weight excluding hydrogens is 298 g/mol. The first-order chi connectivity index (χ1) is 11.7. The second-order valence-electron chi connectivity index (χ2n) is 6.31. The Balaban J connectivity index is 1.54. The molecule has 0 spiro atoms. The lowest BCUT2D eigenvalue weighted by molar-refractivity contribution is -0.131. The lowest BCUT2D eigenvalue weighted by Gasteiger charge is -2.33. The molecule has 2 aromatic carbocycles. The zero-order chi connectivity index (χ0) is 16.5. The molecule has 0 aliphatic carbocycles. The zero-order valence-corrected chi connectivity index (χ0v) is 13.4. The Morgan fingerprint density at radius 3 is 2.96 bits per heavy atom. The standard InChI is InChI=1S/C20H19N3O/c21-19-13-23(12-17-3-1-2-4-18(17)19)20(24)10-14-5-6-16-11-22-8-7-15(16)9-14/h1-9,11,19H,10,12-13,21H2. The summed E-state index contributed by atoms with van der Waals surface area (Å²) in [6, 6.07) is 16.0. The maximum atomic E-state index is 12.7. The van der Waals surface area contributed by atoms with E-state index < -0.39 is 0 Å². The largest absolute Gasteiger partial charge is 0.336 e. The van der Waals surface area contributed by atoms with Crippen molar-refractivity contribution in [2.45, 2.75) is 19.0 Å². The number of carbonyl (C=O) groups excluding carboxylic acids is 1. The number of carbonyl (C=O) groups is 1. The van der Waals surface area contributed by atoms with Crippen molar-refractivity contribution >= 4 is 16.7 Å². The average molecular weight is 317 g/mol. The number of hydrogen-bond donors (Lipinski definition) is 1. The average Bonchev–Trinajstić information content (AvgIpc) is 2.61. The van der Waals surface area contributed by atoms with E-state index in [-0.39, 0.29) is 11.9 Å². The van der Waals surface area contributed by atoms with Crippen molar-refractivity contribution in [2.75, 3.05) is 6.54 Å². The molecule has 3 aromatic rings. The fourth-order valence-electron chi connectivity index (χ4n) is 3.37. The molecule has 120 valence electrons. The van der Waals surface area contributed by atoms with Crippen molar-refractivity contribution in [3.8, 4) is 0 Å². The van der Waals surface area contributed by atoms with Crippen LogP contribution in [-0.2, 0) is 17.8 Å². The smallest absolute Gasteiger partial charge is 0.227 e. The van der Waals surface area contributed by atoms with Crippen molar-refractivity contribution in [3.63, 3.8) is 0 Å². The van der Waals surface area contributed by atoms with E-state index in [4.69, 9.17) is 5.73 Å². The highest BCUT2D eigenvalue weighted by Gasteiger charge is 2.25. The van der Waals surface area contributed by atoms with Gasteiger partial charge in [-0.2, -0.15) is 0 Å². The zero-order valence-electron chi connectivity index (χ0n) is 13.4. The van der Waals surface area contributed by atoms with Crippen LogP contribution in [0.15, 0.2) is 60.9 Å². The first kappa shape index (κ1) is 14.8. The maximum Gasteiger partial charge on any atom is 0.227 e. The van der Waals surface area contributed by atoms with Crippen LogP contribution in [0, 0.1) is 0 Å². The normalized spacial score (nSPS) is 16.9. The summed E-state index contributed by atoms with van der Waals surface area (Å²) < 4.78 is 0. The molecule has 4 heteroatoms. The van der Waals surface area contributed by atoms with Crippen LogP contribution in [-0.4, -0.2) is 22.3 Å². The van der Waals surface area contributed by atoms with Gasteiger partial charge in [-0.05, 0) is 28.1 Å². The predicted molar refractivity (Wildman–Crippen MR) is 94.2 cm³/mol. The summed E-state index contributed by atoms with van der Waals surface area (Å²) in [6.07, 6.45) is 4.00. The van der Waals surface area contributed by atoms with E-state index in [0.717, 1.165) is 27.5 Å². The van der Waals surface area contributed by atoms with Gasteiger partial charge >= 0.3 is 0 Å². The quantitative estimate of drug-likeness (QED) is 0.790. The van der Waals surface area contributed by atoms with Gasteiger partial charge in [0.15, 0.2) is 0 Å². The molecule has 0 fully saturated rings. The molecule has 1 atom stereocenters. The monoisotopic (exact) mass is 317 g/mol. The summed E-state index contributed by atoms with van der Waals surface area (Å²) in [4.78, 5) is 18.7. The molecule has 1 aromatic heterocycles. The molecule has 4 nitrogen and oxygen atoms in total. The highest BCUT2D eigenvalue weighted by atomic mass is 16.2. The number of benzene rings is 2. The third-order valence-corrected chi connectivity index (χ3v) is 4.65. The Morgan fingerprint density at radius 1 is 1.17 bits per heavy atom. The van der Waals surface area contributed by atoms with Crippen LogP contribution < -0.4 is 5.73 Å². The third kappa shape index (κ3) is 2.76. The Bertz CT molecular complexity index is 906. The summed E-state index contributed by atoms with van der Waals surface area (Å²) in [5.74, 6) is 0.119. The summed E-state index contributed by atoms with van der Waals surface area (Å²) in [5.41, 5.74) is 9.56. The topological polar surface area (TPSA) is 59.2 Å². The molecule has 0 saturated carbocycles. The summed E-state index contributed by atoms with van der Waals surface area (Å²) in [5, 5.41) is 2.19. The van der Waals surface area contributed by atoms with Gasteiger partial charge in [-0.15, -0.1) is 0 Å². The molecule has 1 amide bonds. The molecule has 24 heavy (non-hydrogen) atoms. The molecule has 2 heterocycles. The van der Waals surface area contributed by atoms with Gasteiger partial charge in [0.1, 0.15) is 0 Å². The Hall–Kier alpha value is -2.72. The number of fused-ring (bicyclic) bond motifs is 2. The molecular formula is C20H19N3O. The second kappa shape index (κ2) is 6.06. The number of nitrogens with two attached hydrogens (primary N) is 1. The van der Waals surface area contributed by atoms with E-state index in [1.54, 1.807) is 6.20 Å². The van der Waals surface area contributed by atoms with Crippen LogP contribution in [0.1, 0.15) is 22.7 Å². The number of amides is 1. The molecule has 4 rings (SSSR count). The maximum absolute atomic E-state index is 12.7. The van der Waals surface area contributed by atoms with Crippen LogP contribution >= 0.6 is 0 Å². The van der Waals surface area contributed by atoms with E-state index in [9.17, 15) is 4.79 Å².